The van der Waals surface area contributed by atoms with E-state index in [0.717, 1.165) is 11.6 Å². The van der Waals surface area contributed by atoms with Crippen molar-refractivity contribution in [3.63, 3.8) is 0 Å². The molecule has 144 valence electrons. The SMILES string of the molecule is Cc1ccc(S(=O)(=O)[C@]23CN[C@@](Cc4cc(F)cc(F)c4F)(CN2)C3)cc1. The third-order valence-electron chi connectivity index (χ3n) is 5.56. The maximum Gasteiger partial charge on any atom is 0.198 e. The molecule has 2 aromatic rings. The zero-order valence-corrected chi connectivity index (χ0v) is 15.5. The summed E-state index contributed by atoms with van der Waals surface area (Å²) in [5.41, 5.74) is 0.0688. The van der Waals surface area contributed by atoms with E-state index in [1.807, 2.05) is 6.92 Å². The highest BCUT2D eigenvalue weighted by Crippen LogP contribution is 2.42. The molecule has 2 aliphatic heterocycles. The number of halogens is 3. The van der Waals surface area contributed by atoms with Gasteiger partial charge in [0.15, 0.2) is 21.5 Å². The van der Waals surface area contributed by atoms with Crippen molar-refractivity contribution in [2.45, 2.75) is 35.1 Å². The highest BCUT2D eigenvalue weighted by molar-refractivity contribution is 7.92. The van der Waals surface area contributed by atoms with Crippen LogP contribution in [-0.2, 0) is 16.3 Å². The molecular formula is C19H19F3N2O2S. The average Bonchev–Trinajstić information content (AvgIpc) is 3.17. The first-order valence-corrected chi connectivity index (χ1v) is 10.1. The molecule has 2 saturated heterocycles. The van der Waals surface area contributed by atoms with Crippen LogP contribution >= 0.6 is 0 Å². The molecular weight excluding hydrogens is 377 g/mol. The lowest BCUT2D eigenvalue weighted by molar-refractivity contribution is 0.362. The first-order valence-electron chi connectivity index (χ1n) is 8.61. The summed E-state index contributed by atoms with van der Waals surface area (Å²) in [6.07, 6.45) is 0.180. The minimum atomic E-state index is -3.70. The largest absolute Gasteiger partial charge is 0.307 e. The molecule has 4 rings (SSSR count). The Morgan fingerprint density at radius 3 is 2.37 bits per heavy atom. The second-order valence-corrected chi connectivity index (χ2v) is 9.77. The van der Waals surface area contributed by atoms with Gasteiger partial charge in [-0.05, 0) is 37.1 Å². The Balaban J connectivity index is 1.65. The van der Waals surface area contributed by atoms with E-state index in [1.54, 1.807) is 24.3 Å². The van der Waals surface area contributed by atoms with Crippen molar-refractivity contribution in [3.05, 3.63) is 65.0 Å². The Hall–Kier alpha value is -1.90. The van der Waals surface area contributed by atoms with Gasteiger partial charge in [0.05, 0.1) is 4.90 Å². The summed E-state index contributed by atoms with van der Waals surface area (Å²) < 4.78 is 67.5. The first kappa shape index (κ1) is 18.5. The average molecular weight is 396 g/mol. The fourth-order valence-electron chi connectivity index (χ4n) is 4.10. The Bertz CT molecular complexity index is 998. The van der Waals surface area contributed by atoms with Crippen LogP contribution < -0.4 is 10.6 Å². The van der Waals surface area contributed by atoms with Gasteiger partial charge in [0.25, 0.3) is 0 Å². The maximum atomic E-state index is 14.1. The van der Waals surface area contributed by atoms with E-state index in [1.165, 1.54) is 0 Å². The molecule has 0 aliphatic carbocycles. The first-order chi connectivity index (χ1) is 12.7. The van der Waals surface area contributed by atoms with E-state index < -0.39 is 37.7 Å². The molecule has 2 aromatic carbocycles. The lowest BCUT2D eigenvalue weighted by atomic mass is 9.90. The van der Waals surface area contributed by atoms with Crippen LogP contribution in [0.25, 0.3) is 0 Å². The number of aryl methyl sites for hydroxylation is 1. The number of fused-ring (bicyclic) bond motifs is 2. The molecule has 2 fully saturated rings. The van der Waals surface area contributed by atoms with Crippen molar-refractivity contribution in [1.29, 1.82) is 0 Å². The zero-order chi connectivity index (χ0) is 19.4. The lowest BCUT2D eigenvalue weighted by Gasteiger charge is -2.30. The summed E-state index contributed by atoms with van der Waals surface area (Å²) in [6.45, 7) is 2.27. The van der Waals surface area contributed by atoms with Gasteiger partial charge in [-0.1, -0.05) is 17.7 Å². The standard InChI is InChI=1S/C19H19F3N2O2S/c1-12-2-4-15(5-3-12)27(25,26)19-9-18(10-24-19,23-11-19)8-13-6-14(20)7-16(21)17(13)22/h2-7,23-24H,8-11H2,1H3/t18-,19-/m1/s1. The van der Waals surface area contributed by atoms with Crippen molar-refractivity contribution >= 4 is 9.84 Å². The molecule has 2 heterocycles. The number of benzene rings is 2. The normalized spacial score (nSPS) is 27.3. The van der Waals surface area contributed by atoms with Crippen LogP contribution in [0.4, 0.5) is 13.2 Å². The van der Waals surface area contributed by atoms with Gasteiger partial charge in [-0.2, -0.15) is 0 Å². The molecule has 2 atom stereocenters. The molecule has 4 nitrogen and oxygen atoms in total. The smallest absolute Gasteiger partial charge is 0.198 e. The van der Waals surface area contributed by atoms with E-state index in [-0.39, 0.29) is 36.4 Å². The summed E-state index contributed by atoms with van der Waals surface area (Å²) in [5, 5.41) is 6.23. The van der Waals surface area contributed by atoms with Crippen LogP contribution in [0.3, 0.4) is 0 Å². The second kappa shape index (κ2) is 6.05. The van der Waals surface area contributed by atoms with Gasteiger partial charge in [-0.3, -0.25) is 5.32 Å². The summed E-state index contributed by atoms with van der Waals surface area (Å²) in [7, 11) is -3.70. The van der Waals surface area contributed by atoms with E-state index >= 15 is 0 Å². The van der Waals surface area contributed by atoms with Gasteiger partial charge in [0.1, 0.15) is 10.7 Å². The highest BCUT2D eigenvalue weighted by Gasteiger charge is 2.61. The summed E-state index contributed by atoms with van der Waals surface area (Å²) in [6, 6.07) is 8.07. The molecule has 8 heteroatoms. The minimum absolute atomic E-state index is 0.00825. The van der Waals surface area contributed by atoms with Crippen molar-refractivity contribution in [1.82, 2.24) is 10.6 Å². The predicted molar refractivity (Wildman–Crippen MR) is 94.5 cm³/mol. The van der Waals surface area contributed by atoms with Crippen molar-refractivity contribution < 1.29 is 21.6 Å². The fourth-order valence-corrected chi connectivity index (χ4v) is 6.04. The van der Waals surface area contributed by atoms with Crippen LogP contribution in [0.5, 0.6) is 0 Å². The maximum absolute atomic E-state index is 14.1. The van der Waals surface area contributed by atoms with Gasteiger partial charge >= 0.3 is 0 Å². The van der Waals surface area contributed by atoms with Crippen molar-refractivity contribution in [2.24, 2.45) is 0 Å². The quantitative estimate of drug-likeness (QED) is 0.780. The Labute approximate surface area is 155 Å². The molecule has 2 N–H and O–H groups in total. The number of nitrogens with one attached hydrogen (secondary N) is 2. The van der Waals surface area contributed by atoms with E-state index in [4.69, 9.17) is 0 Å². The summed E-state index contributed by atoms with van der Waals surface area (Å²) in [5.74, 6) is -3.20. The highest BCUT2D eigenvalue weighted by atomic mass is 32.2. The van der Waals surface area contributed by atoms with E-state index in [0.29, 0.717) is 6.07 Å². The van der Waals surface area contributed by atoms with Gasteiger partial charge in [-0.15, -0.1) is 0 Å². The number of piperazine rings is 1. The lowest BCUT2D eigenvalue weighted by Crippen LogP contribution is -2.57. The number of hydrogen-bond acceptors (Lipinski definition) is 4. The summed E-state index contributed by atoms with van der Waals surface area (Å²) >= 11 is 0. The van der Waals surface area contributed by atoms with E-state index in [9.17, 15) is 21.6 Å². The Morgan fingerprint density at radius 1 is 1.04 bits per heavy atom. The van der Waals surface area contributed by atoms with Crippen LogP contribution in [0.15, 0.2) is 41.3 Å². The summed E-state index contributed by atoms with van der Waals surface area (Å²) in [4.78, 5) is -1.01. The van der Waals surface area contributed by atoms with Crippen LogP contribution in [0.2, 0.25) is 0 Å². The third-order valence-corrected chi connectivity index (χ3v) is 7.92. The Kier molecular flexibility index (Phi) is 4.14. The number of rotatable bonds is 4. The van der Waals surface area contributed by atoms with Gasteiger partial charge in [-0.25, -0.2) is 21.6 Å². The van der Waals surface area contributed by atoms with Crippen LogP contribution in [0, 0.1) is 24.4 Å². The molecule has 2 aliphatic rings. The second-order valence-electron chi connectivity index (χ2n) is 7.51. The number of sulfone groups is 1. The van der Waals surface area contributed by atoms with Gasteiger partial charge < -0.3 is 5.32 Å². The van der Waals surface area contributed by atoms with Crippen LogP contribution in [-0.4, -0.2) is 31.9 Å². The minimum Gasteiger partial charge on any atom is -0.307 e. The molecule has 2 bridgehead atoms. The van der Waals surface area contributed by atoms with Gasteiger partial charge in [0.2, 0.25) is 0 Å². The van der Waals surface area contributed by atoms with Crippen molar-refractivity contribution in [3.8, 4) is 0 Å². The fraction of sp³-hybridized carbons (Fsp3) is 0.368. The molecule has 0 aromatic heterocycles. The Morgan fingerprint density at radius 2 is 1.74 bits per heavy atom. The monoisotopic (exact) mass is 396 g/mol. The zero-order valence-electron chi connectivity index (χ0n) is 14.7. The third kappa shape index (κ3) is 2.86. The van der Waals surface area contributed by atoms with Gasteiger partial charge in [0, 0.05) is 31.1 Å². The topological polar surface area (TPSA) is 58.2 Å². The van der Waals surface area contributed by atoms with Crippen LogP contribution in [0.1, 0.15) is 17.5 Å². The predicted octanol–water partition coefficient (Wildman–Crippen LogP) is 2.46. The molecule has 0 amide bonds. The molecule has 0 radical (unpaired) electrons. The molecule has 27 heavy (non-hydrogen) atoms. The number of hydrogen-bond donors (Lipinski definition) is 2. The van der Waals surface area contributed by atoms with E-state index in [2.05, 4.69) is 10.6 Å². The van der Waals surface area contributed by atoms with Crippen molar-refractivity contribution in [2.75, 3.05) is 13.1 Å². The molecule has 0 saturated carbocycles. The molecule has 0 unspecified atom stereocenters. The molecule has 0 spiro atoms.